The Morgan fingerprint density at radius 2 is 2.16 bits per heavy atom. The average molecular weight is 326 g/mol. The van der Waals surface area contributed by atoms with Gasteiger partial charge in [0.2, 0.25) is 0 Å². The number of carbonyl (C=O) groups is 1. The molecule has 4 heteroatoms. The minimum atomic E-state index is -0.392. The van der Waals surface area contributed by atoms with Gasteiger partial charge in [-0.05, 0) is 47.0 Å². The zero-order valence-electron chi connectivity index (χ0n) is 10.7. The normalized spacial score (nSPS) is 15.5. The van der Waals surface area contributed by atoms with Crippen LogP contribution in [0.2, 0.25) is 0 Å². The Bertz CT molecular complexity index is 483. The van der Waals surface area contributed by atoms with Crippen LogP contribution in [-0.2, 0) is 0 Å². The molecule has 0 radical (unpaired) electrons. The lowest BCUT2D eigenvalue weighted by molar-refractivity contribution is 0.0705. The molecule has 1 amide bonds. The molecule has 0 atom stereocenters. The van der Waals surface area contributed by atoms with Crippen LogP contribution < -0.4 is 0 Å². The van der Waals surface area contributed by atoms with Crippen molar-refractivity contribution in [2.24, 2.45) is 0 Å². The lowest BCUT2D eigenvalue weighted by Gasteiger charge is -2.28. The van der Waals surface area contributed by atoms with E-state index in [1.54, 1.807) is 17.0 Å². The van der Waals surface area contributed by atoms with E-state index in [1.165, 1.54) is 12.1 Å². The largest absolute Gasteiger partial charge is 0.332 e. The van der Waals surface area contributed by atoms with Gasteiger partial charge in [0.05, 0.1) is 5.56 Å². The van der Waals surface area contributed by atoms with Crippen molar-refractivity contribution in [2.75, 3.05) is 6.54 Å². The first-order valence-corrected chi connectivity index (χ1v) is 7.29. The van der Waals surface area contributed by atoms with Crippen molar-refractivity contribution in [3.8, 4) is 0 Å². The van der Waals surface area contributed by atoms with Gasteiger partial charge in [-0.2, -0.15) is 0 Å². The smallest absolute Gasteiger partial charge is 0.255 e. The zero-order chi connectivity index (χ0) is 13.8. The monoisotopic (exact) mass is 325 g/mol. The van der Waals surface area contributed by atoms with E-state index in [4.69, 9.17) is 0 Å². The molecule has 2 rings (SSSR count). The summed E-state index contributed by atoms with van der Waals surface area (Å²) in [4.78, 5) is 14.4. The Kier molecular flexibility index (Phi) is 4.75. The van der Waals surface area contributed by atoms with E-state index in [0.29, 0.717) is 16.6 Å². The van der Waals surface area contributed by atoms with Crippen molar-refractivity contribution < 1.29 is 9.18 Å². The van der Waals surface area contributed by atoms with Gasteiger partial charge in [-0.3, -0.25) is 4.79 Å². The predicted octanol–water partition coefficient (Wildman–Crippen LogP) is 4.16. The number of halogens is 2. The highest BCUT2D eigenvalue weighted by molar-refractivity contribution is 9.10. The molecule has 0 aliphatic heterocycles. The first kappa shape index (κ1) is 14.3. The Morgan fingerprint density at radius 3 is 2.79 bits per heavy atom. The van der Waals surface area contributed by atoms with Crippen molar-refractivity contribution in [1.29, 1.82) is 0 Å². The molecule has 1 aliphatic rings. The van der Waals surface area contributed by atoms with Crippen LogP contribution in [0.15, 0.2) is 35.3 Å². The lowest BCUT2D eigenvalue weighted by Crippen LogP contribution is -2.39. The molecular weight excluding hydrogens is 309 g/mol. The van der Waals surface area contributed by atoms with Crippen molar-refractivity contribution in [3.05, 3.63) is 46.7 Å². The van der Waals surface area contributed by atoms with Crippen LogP contribution >= 0.6 is 15.9 Å². The molecule has 2 nitrogen and oxygen atoms in total. The fourth-order valence-corrected chi connectivity index (χ4v) is 2.99. The molecule has 0 aromatic heterocycles. The number of hydrogen-bond donors (Lipinski definition) is 0. The van der Waals surface area contributed by atoms with E-state index in [1.807, 2.05) is 0 Å². The van der Waals surface area contributed by atoms with Gasteiger partial charge in [-0.25, -0.2) is 4.39 Å². The third-order valence-corrected chi connectivity index (χ3v) is 4.20. The topological polar surface area (TPSA) is 20.3 Å². The number of hydrogen-bond acceptors (Lipinski definition) is 1. The van der Waals surface area contributed by atoms with Gasteiger partial charge in [-0.1, -0.05) is 18.9 Å². The average Bonchev–Trinajstić information content (AvgIpc) is 2.92. The van der Waals surface area contributed by atoms with Crippen molar-refractivity contribution in [3.63, 3.8) is 0 Å². The lowest BCUT2D eigenvalue weighted by atomic mass is 10.1. The highest BCUT2D eigenvalue weighted by atomic mass is 79.9. The second-order valence-corrected chi connectivity index (χ2v) is 5.66. The Hall–Kier alpha value is -1.16. The van der Waals surface area contributed by atoms with Crippen molar-refractivity contribution in [2.45, 2.75) is 31.7 Å². The Balaban J connectivity index is 2.27. The summed E-state index contributed by atoms with van der Waals surface area (Å²) in [6, 6.07) is 4.45. The van der Waals surface area contributed by atoms with Gasteiger partial charge < -0.3 is 4.90 Å². The molecule has 1 aromatic rings. The van der Waals surface area contributed by atoms with Crippen LogP contribution in [0.3, 0.4) is 0 Å². The second kappa shape index (κ2) is 6.33. The summed E-state index contributed by atoms with van der Waals surface area (Å²) >= 11 is 3.32. The van der Waals surface area contributed by atoms with Crippen LogP contribution in [0.4, 0.5) is 4.39 Å². The number of rotatable bonds is 4. The molecule has 1 saturated carbocycles. The minimum Gasteiger partial charge on any atom is -0.332 e. The van der Waals surface area contributed by atoms with E-state index < -0.39 is 5.82 Å². The summed E-state index contributed by atoms with van der Waals surface area (Å²) in [6.07, 6.45) is 6.06. The van der Waals surface area contributed by atoms with Crippen LogP contribution in [0.5, 0.6) is 0 Å². The van der Waals surface area contributed by atoms with Gasteiger partial charge in [0, 0.05) is 17.1 Å². The first-order chi connectivity index (χ1) is 9.13. The van der Waals surface area contributed by atoms with E-state index in [2.05, 4.69) is 22.5 Å². The maximum absolute atomic E-state index is 13.3. The molecule has 0 bridgehead atoms. The number of nitrogens with zero attached hydrogens (tertiary/aromatic N) is 1. The number of amides is 1. The van der Waals surface area contributed by atoms with Crippen molar-refractivity contribution in [1.82, 2.24) is 4.90 Å². The maximum atomic E-state index is 13.3. The fraction of sp³-hybridized carbons (Fsp3) is 0.400. The van der Waals surface area contributed by atoms with E-state index >= 15 is 0 Å². The summed E-state index contributed by atoms with van der Waals surface area (Å²) in [5.74, 6) is -0.519. The van der Waals surface area contributed by atoms with Crippen LogP contribution in [0.25, 0.3) is 0 Å². The predicted molar refractivity (Wildman–Crippen MR) is 77.6 cm³/mol. The molecule has 102 valence electrons. The van der Waals surface area contributed by atoms with E-state index in [9.17, 15) is 9.18 Å². The highest BCUT2D eigenvalue weighted by Crippen LogP contribution is 2.27. The summed E-state index contributed by atoms with van der Waals surface area (Å²) in [5.41, 5.74) is 0.383. The minimum absolute atomic E-state index is 0.127. The molecule has 1 aliphatic carbocycles. The van der Waals surface area contributed by atoms with Gasteiger partial charge in [0.1, 0.15) is 5.82 Å². The maximum Gasteiger partial charge on any atom is 0.255 e. The Labute approximate surface area is 121 Å². The molecular formula is C15H17BrFNO. The molecule has 1 fully saturated rings. The van der Waals surface area contributed by atoms with Gasteiger partial charge in [0.15, 0.2) is 0 Å². The quantitative estimate of drug-likeness (QED) is 0.761. The zero-order valence-corrected chi connectivity index (χ0v) is 12.3. The van der Waals surface area contributed by atoms with Crippen LogP contribution in [0.1, 0.15) is 36.0 Å². The highest BCUT2D eigenvalue weighted by Gasteiger charge is 2.27. The van der Waals surface area contributed by atoms with E-state index in [-0.39, 0.29) is 11.9 Å². The summed E-state index contributed by atoms with van der Waals surface area (Å²) < 4.78 is 14.0. The summed E-state index contributed by atoms with van der Waals surface area (Å²) in [6.45, 7) is 4.21. The molecule has 0 heterocycles. The standard InChI is InChI=1S/C15H17BrFNO/c1-2-9-18(12-5-3-4-6-12)15(19)13-10-11(17)7-8-14(13)16/h2,7-8,10,12H,1,3-6,9H2. The van der Waals surface area contributed by atoms with Crippen molar-refractivity contribution >= 4 is 21.8 Å². The second-order valence-electron chi connectivity index (χ2n) is 4.81. The Morgan fingerprint density at radius 1 is 1.47 bits per heavy atom. The van der Waals surface area contributed by atoms with Crippen LogP contribution in [-0.4, -0.2) is 23.4 Å². The third kappa shape index (κ3) is 3.24. The third-order valence-electron chi connectivity index (χ3n) is 3.51. The number of carbonyl (C=O) groups excluding carboxylic acids is 1. The van der Waals surface area contributed by atoms with E-state index in [0.717, 1.165) is 25.7 Å². The first-order valence-electron chi connectivity index (χ1n) is 6.50. The summed E-state index contributed by atoms with van der Waals surface area (Å²) in [5, 5.41) is 0. The van der Waals surface area contributed by atoms with Gasteiger partial charge >= 0.3 is 0 Å². The molecule has 0 N–H and O–H groups in total. The fourth-order valence-electron chi connectivity index (χ4n) is 2.57. The molecule has 0 saturated heterocycles. The SMILES string of the molecule is C=CCN(C(=O)c1cc(F)ccc1Br)C1CCCC1. The van der Waals surface area contributed by atoms with Gasteiger partial charge in [-0.15, -0.1) is 6.58 Å². The van der Waals surface area contributed by atoms with Crippen LogP contribution in [0, 0.1) is 5.82 Å². The molecule has 1 aromatic carbocycles. The number of benzene rings is 1. The molecule has 0 spiro atoms. The van der Waals surface area contributed by atoms with Gasteiger partial charge in [0.25, 0.3) is 5.91 Å². The molecule has 0 unspecified atom stereocenters. The summed E-state index contributed by atoms with van der Waals surface area (Å²) in [7, 11) is 0. The molecule has 19 heavy (non-hydrogen) atoms.